The lowest BCUT2D eigenvalue weighted by molar-refractivity contribution is -0.119. The number of anilines is 1. The van der Waals surface area contributed by atoms with Gasteiger partial charge in [0.2, 0.25) is 5.91 Å². The molecule has 3 amide bonds. The maximum Gasteiger partial charge on any atom is 0.341 e. The van der Waals surface area contributed by atoms with Crippen LogP contribution in [0.4, 0.5) is 5.00 Å². The van der Waals surface area contributed by atoms with Crippen LogP contribution in [0.25, 0.3) is 11.1 Å². The second-order valence-electron chi connectivity index (χ2n) is 7.83. The molecule has 1 aliphatic heterocycles. The molecule has 10 heteroatoms. The van der Waals surface area contributed by atoms with Crippen molar-refractivity contribution in [2.24, 2.45) is 0 Å². The highest BCUT2D eigenvalue weighted by Crippen LogP contribution is 2.40. The molecule has 0 radical (unpaired) electrons. The van der Waals surface area contributed by atoms with Crippen molar-refractivity contribution < 1.29 is 33.4 Å². The first kappa shape index (κ1) is 24.9. The SMILES string of the molecule is CCOC(=O)c1c(-c2ccc(OC)c(OC)c2)csc1NC(=O)C(C)N1C(=O)c2ccccc2C1=O. The molecular weight excluding hydrogens is 484 g/mol. The standard InChI is InChI=1S/C26H24N2O7S/c1-5-35-26(32)21-18(15-10-11-19(33-3)20(12-15)34-4)13-36-23(21)27-22(29)14(2)28-24(30)16-8-6-7-9-17(16)25(28)31/h6-14H,5H2,1-4H3,(H,27,29). The number of hydrogen-bond acceptors (Lipinski definition) is 8. The average molecular weight is 509 g/mol. The van der Waals surface area contributed by atoms with Crippen molar-refractivity contribution in [1.82, 2.24) is 4.90 Å². The van der Waals surface area contributed by atoms with Crippen LogP contribution < -0.4 is 14.8 Å². The van der Waals surface area contributed by atoms with Gasteiger partial charge in [-0.05, 0) is 43.7 Å². The maximum atomic E-state index is 13.2. The van der Waals surface area contributed by atoms with Gasteiger partial charge in [-0.15, -0.1) is 11.3 Å². The molecule has 2 heterocycles. The van der Waals surface area contributed by atoms with E-state index in [4.69, 9.17) is 14.2 Å². The fourth-order valence-corrected chi connectivity index (χ4v) is 4.93. The van der Waals surface area contributed by atoms with Gasteiger partial charge in [0.25, 0.3) is 11.8 Å². The van der Waals surface area contributed by atoms with E-state index in [0.29, 0.717) is 22.6 Å². The van der Waals surface area contributed by atoms with Gasteiger partial charge in [0.15, 0.2) is 11.5 Å². The lowest BCUT2D eigenvalue weighted by Crippen LogP contribution is -2.45. The van der Waals surface area contributed by atoms with Crippen molar-refractivity contribution in [3.8, 4) is 22.6 Å². The molecule has 36 heavy (non-hydrogen) atoms. The van der Waals surface area contributed by atoms with E-state index in [2.05, 4.69) is 5.32 Å². The number of hydrogen-bond donors (Lipinski definition) is 1. The van der Waals surface area contributed by atoms with Crippen LogP contribution in [0.5, 0.6) is 11.5 Å². The quantitative estimate of drug-likeness (QED) is 0.358. The third kappa shape index (κ3) is 4.31. The fourth-order valence-electron chi connectivity index (χ4n) is 3.97. The second-order valence-corrected chi connectivity index (χ2v) is 8.71. The molecule has 3 aromatic rings. The summed E-state index contributed by atoms with van der Waals surface area (Å²) in [5.74, 6) is -1.32. The molecule has 1 N–H and O–H groups in total. The minimum absolute atomic E-state index is 0.138. The number of carbonyl (C=O) groups excluding carboxylic acids is 4. The Morgan fingerprint density at radius 1 is 0.972 bits per heavy atom. The van der Waals surface area contributed by atoms with Gasteiger partial charge in [0.1, 0.15) is 16.6 Å². The zero-order valence-corrected chi connectivity index (χ0v) is 20.9. The third-order valence-corrected chi connectivity index (χ3v) is 6.69. The van der Waals surface area contributed by atoms with E-state index in [1.54, 1.807) is 54.8 Å². The normalized spacial score (nSPS) is 13.3. The number of ether oxygens (including phenoxy) is 3. The van der Waals surface area contributed by atoms with Gasteiger partial charge in [-0.3, -0.25) is 19.3 Å². The summed E-state index contributed by atoms with van der Waals surface area (Å²) in [6.07, 6.45) is 0. The minimum atomic E-state index is -1.11. The Bertz CT molecular complexity index is 1330. The van der Waals surface area contributed by atoms with Crippen molar-refractivity contribution in [1.29, 1.82) is 0 Å². The third-order valence-electron chi connectivity index (χ3n) is 5.79. The smallest absolute Gasteiger partial charge is 0.341 e. The van der Waals surface area contributed by atoms with Gasteiger partial charge >= 0.3 is 5.97 Å². The molecule has 1 atom stereocenters. The van der Waals surface area contributed by atoms with Crippen LogP contribution >= 0.6 is 11.3 Å². The Hall–Kier alpha value is -4.18. The molecule has 0 fully saturated rings. The van der Waals surface area contributed by atoms with Crippen LogP contribution in [0.1, 0.15) is 44.9 Å². The summed E-state index contributed by atoms with van der Waals surface area (Å²) in [5.41, 5.74) is 1.85. The lowest BCUT2D eigenvalue weighted by atomic mass is 10.0. The number of rotatable bonds is 8. The zero-order chi connectivity index (χ0) is 26.0. The summed E-state index contributed by atoms with van der Waals surface area (Å²) in [6, 6.07) is 10.5. The molecule has 186 valence electrons. The monoisotopic (exact) mass is 508 g/mol. The number of amides is 3. The van der Waals surface area contributed by atoms with Crippen LogP contribution in [0.3, 0.4) is 0 Å². The van der Waals surface area contributed by atoms with Crippen molar-refractivity contribution in [2.75, 3.05) is 26.1 Å². The molecule has 0 saturated carbocycles. The Morgan fingerprint density at radius 3 is 2.19 bits per heavy atom. The molecule has 1 aliphatic rings. The molecule has 0 bridgehead atoms. The first-order valence-electron chi connectivity index (χ1n) is 11.1. The topological polar surface area (TPSA) is 111 Å². The fraction of sp³-hybridized carbons (Fsp3) is 0.231. The van der Waals surface area contributed by atoms with Gasteiger partial charge in [0, 0.05) is 10.9 Å². The van der Waals surface area contributed by atoms with E-state index < -0.39 is 29.7 Å². The van der Waals surface area contributed by atoms with Gasteiger partial charge in [-0.1, -0.05) is 18.2 Å². The summed E-state index contributed by atoms with van der Waals surface area (Å²) < 4.78 is 15.9. The largest absolute Gasteiger partial charge is 0.493 e. The van der Waals surface area contributed by atoms with Crippen molar-refractivity contribution in [3.05, 3.63) is 64.5 Å². The molecular formula is C26H24N2O7S. The van der Waals surface area contributed by atoms with E-state index in [9.17, 15) is 19.2 Å². The van der Waals surface area contributed by atoms with Crippen LogP contribution in [0.2, 0.25) is 0 Å². The van der Waals surface area contributed by atoms with Gasteiger partial charge in [0.05, 0.1) is 32.0 Å². The first-order valence-corrected chi connectivity index (χ1v) is 12.0. The summed E-state index contributed by atoms with van der Waals surface area (Å²) >= 11 is 1.13. The number of esters is 1. The van der Waals surface area contributed by atoms with Crippen LogP contribution in [0.15, 0.2) is 47.8 Å². The summed E-state index contributed by atoms with van der Waals surface area (Å²) in [7, 11) is 3.03. The van der Waals surface area contributed by atoms with Crippen LogP contribution in [-0.4, -0.2) is 55.5 Å². The Morgan fingerprint density at radius 2 is 1.61 bits per heavy atom. The number of thiophene rings is 1. The highest BCUT2D eigenvalue weighted by atomic mass is 32.1. The molecule has 9 nitrogen and oxygen atoms in total. The summed E-state index contributed by atoms with van der Waals surface area (Å²) in [5, 5.41) is 4.67. The number of fused-ring (bicyclic) bond motifs is 1. The lowest BCUT2D eigenvalue weighted by Gasteiger charge is -2.21. The molecule has 1 unspecified atom stereocenters. The van der Waals surface area contributed by atoms with Gasteiger partial charge in [-0.25, -0.2) is 4.79 Å². The van der Waals surface area contributed by atoms with E-state index in [-0.39, 0.29) is 28.3 Å². The Kier molecular flexibility index (Phi) is 7.07. The van der Waals surface area contributed by atoms with E-state index in [1.165, 1.54) is 21.1 Å². The maximum absolute atomic E-state index is 13.2. The molecule has 0 spiro atoms. The number of benzene rings is 2. The van der Waals surface area contributed by atoms with Crippen LogP contribution in [0, 0.1) is 0 Å². The van der Waals surface area contributed by atoms with Crippen LogP contribution in [-0.2, 0) is 9.53 Å². The number of carbonyl (C=O) groups is 4. The Labute approximate surface area is 211 Å². The number of methoxy groups -OCH3 is 2. The van der Waals surface area contributed by atoms with Crippen molar-refractivity contribution in [2.45, 2.75) is 19.9 Å². The van der Waals surface area contributed by atoms with Gasteiger partial charge < -0.3 is 19.5 Å². The summed E-state index contributed by atoms with van der Waals surface area (Å²) in [4.78, 5) is 52.6. The first-order chi connectivity index (χ1) is 17.3. The average Bonchev–Trinajstić information content (AvgIpc) is 3.42. The van der Waals surface area contributed by atoms with E-state index in [1.807, 2.05) is 0 Å². The molecule has 4 rings (SSSR count). The highest BCUT2D eigenvalue weighted by molar-refractivity contribution is 7.15. The van der Waals surface area contributed by atoms with Crippen molar-refractivity contribution in [3.63, 3.8) is 0 Å². The second kappa shape index (κ2) is 10.2. The Balaban J connectivity index is 1.65. The van der Waals surface area contributed by atoms with Crippen molar-refractivity contribution >= 4 is 40.0 Å². The number of nitrogens with one attached hydrogen (secondary N) is 1. The van der Waals surface area contributed by atoms with E-state index in [0.717, 1.165) is 16.2 Å². The predicted octanol–water partition coefficient (Wildman–Crippen LogP) is 4.23. The van der Waals surface area contributed by atoms with E-state index >= 15 is 0 Å². The predicted molar refractivity (Wildman–Crippen MR) is 134 cm³/mol. The van der Waals surface area contributed by atoms with Gasteiger partial charge in [-0.2, -0.15) is 0 Å². The molecule has 1 aromatic heterocycles. The summed E-state index contributed by atoms with van der Waals surface area (Å²) in [6.45, 7) is 3.28. The molecule has 2 aromatic carbocycles. The minimum Gasteiger partial charge on any atom is -0.493 e. The molecule has 0 saturated heterocycles. The zero-order valence-electron chi connectivity index (χ0n) is 20.1. The number of nitrogens with zero attached hydrogens (tertiary/aromatic N) is 1. The highest BCUT2D eigenvalue weighted by Gasteiger charge is 2.41. The number of imide groups is 1. The molecule has 0 aliphatic carbocycles.